The van der Waals surface area contributed by atoms with E-state index < -0.39 is 10.1 Å². The maximum atomic E-state index is 10.0. The molecule has 0 saturated heterocycles. The molecule has 1 N–H and O–H groups in total. The molecule has 0 atom stereocenters. The van der Waals surface area contributed by atoms with Crippen molar-refractivity contribution in [3.05, 3.63) is 0 Å². The molecule has 0 heterocycles. The van der Waals surface area contributed by atoms with Crippen molar-refractivity contribution in [1.82, 2.24) is 0 Å². The van der Waals surface area contributed by atoms with Gasteiger partial charge in [0.15, 0.2) is 0 Å². The Kier molecular flexibility index (Phi) is 9.93. The van der Waals surface area contributed by atoms with Gasteiger partial charge in [-0.2, -0.15) is 33.7 Å². The monoisotopic (exact) mass is 228 g/mol. The summed E-state index contributed by atoms with van der Waals surface area (Å²) < 4.78 is 27.9. The molecular weight excluding hydrogens is 219 g/mol. The zero-order valence-corrected chi connectivity index (χ0v) is 11.3. The smallest absolute Gasteiger partial charge is 1.00 e. The predicted molar refractivity (Wildman–Crippen MR) is 43.9 cm³/mol. The zero-order chi connectivity index (χ0) is 7.49. The minimum atomic E-state index is -3.82. The summed E-state index contributed by atoms with van der Waals surface area (Å²) in [7, 11) is -3.82. The molecule has 0 fully saturated rings. The van der Waals surface area contributed by atoms with Crippen LogP contribution in [0.3, 0.4) is 0 Å². The van der Waals surface area contributed by atoms with Crippen molar-refractivity contribution >= 4 is 35.4 Å². The molecular formula is C3H9KO3S3. The van der Waals surface area contributed by atoms with Crippen molar-refractivity contribution in [3.63, 3.8) is 0 Å². The van der Waals surface area contributed by atoms with Crippen molar-refractivity contribution in [2.45, 2.75) is 11.0 Å². The van der Waals surface area contributed by atoms with Crippen molar-refractivity contribution < 1.29 is 65.8 Å². The average Bonchev–Trinajstić information content (AvgIpc) is 1.59. The van der Waals surface area contributed by atoms with Gasteiger partial charge in [0.2, 0.25) is 0 Å². The summed E-state index contributed by atoms with van der Waals surface area (Å²) in [6.45, 7) is 0. The normalized spacial score (nSPS) is 11.2. The van der Waals surface area contributed by atoms with Crippen LogP contribution >= 0.6 is 25.3 Å². The van der Waals surface area contributed by atoms with Crippen molar-refractivity contribution in [2.24, 2.45) is 0 Å². The molecule has 0 aromatic rings. The van der Waals surface area contributed by atoms with Crippen LogP contribution in [0.4, 0.5) is 0 Å². The van der Waals surface area contributed by atoms with E-state index in [2.05, 4.69) is 25.3 Å². The largest absolute Gasteiger partial charge is 1.00 e. The van der Waals surface area contributed by atoms with Gasteiger partial charge in [-0.15, -0.1) is 0 Å². The van der Waals surface area contributed by atoms with E-state index in [1.54, 1.807) is 0 Å². The quantitative estimate of drug-likeness (QED) is 0.218. The Hall–Kier alpha value is 2.25. The second-order valence-electron chi connectivity index (χ2n) is 1.56. The van der Waals surface area contributed by atoms with Gasteiger partial charge in [0.05, 0.1) is 5.75 Å². The van der Waals surface area contributed by atoms with Gasteiger partial charge in [0, 0.05) is 4.58 Å². The Morgan fingerprint density at radius 1 is 1.50 bits per heavy atom. The van der Waals surface area contributed by atoms with Gasteiger partial charge in [0.25, 0.3) is 10.1 Å². The van der Waals surface area contributed by atoms with E-state index in [0.717, 1.165) is 0 Å². The number of hydrogen-bond acceptors (Lipinski definition) is 4. The SMILES string of the molecule is O=S(=O)(O)CCC(S)S.[H-].[K+]. The summed E-state index contributed by atoms with van der Waals surface area (Å²) in [5.74, 6) is -0.273. The second-order valence-corrected chi connectivity index (χ2v) is 4.78. The molecule has 0 rings (SSSR count). The first kappa shape index (κ1) is 14.8. The van der Waals surface area contributed by atoms with E-state index in [0.29, 0.717) is 0 Å². The molecule has 0 radical (unpaired) electrons. The third-order valence-corrected chi connectivity index (χ3v) is 1.90. The van der Waals surface area contributed by atoms with Gasteiger partial charge >= 0.3 is 51.4 Å². The van der Waals surface area contributed by atoms with Crippen LogP contribution in [0, 0.1) is 0 Å². The Bertz CT molecular complexity index is 169. The fraction of sp³-hybridized carbons (Fsp3) is 1.00. The van der Waals surface area contributed by atoms with E-state index in [1.807, 2.05) is 0 Å². The molecule has 0 bridgehead atoms. The summed E-state index contributed by atoms with van der Waals surface area (Å²) in [5.41, 5.74) is 0. The minimum absolute atomic E-state index is 0. The molecule has 3 nitrogen and oxygen atoms in total. The topological polar surface area (TPSA) is 54.4 Å². The molecule has 0 aromatic carbocycles. The Morgan fingerprint density at radius 3 is 2.00 bits per heavy atom. The molecule has 7 heteroatoms. The van der Waals surface area contributed by atoms with E-state index in [-0.39, 0.29) is 69.6 Å². The van der Waals surface area contributed by atoms with E-state index in [1.165, 1.54) is 0 Å². The zero-order valence-electron chi connectivity index (χ0n) is 6.56. The maximum Gasteiger partial charge on any atom is 1.00 e. The summed E-state index contributed by atoms with van der Waals surface area (Å²) in [5, 5.41) is 0. The molecule has 0 amide bonds. The second kappa shape index (κ2) is 6.73. The van der Waals surface area contributed by atoms with Gasteiger partial charge in [-0.05, 0) is 6.42 Å². The van der Waals surface area contributed by atoms with Crippen LogP contribution in [-0.4, -0.2) is 23.3 Å². The Balaban J connectivity index is -0.000000320. The van der Waals surface area contributed by atoms with Gasteiger partial charge in [-0.3, -0.25) is 4.55 Å². The summed E-state index contributed by atoms with van der Waals surface area (Å²) >= 11 is 7.60. The number of hydrogen-bond donors (Lipinski definition) is 3. The Labute approximate surface area is 116 Å². The molecule has 0 aliphatic carbocycles. The molecule has 0 aliphatic heterocycles. The maximum absolute atomic E-state index is 10.0. The first-order valence-corrected chi connectivity index (χ1v) is 4.87. The van der Waals surface area contributed by atoms with Crippen molar-refractivity contribution in [3.8, 4) is 0 Å². The minimum Gasteiger partial charge on any atom is -1.00 e. The van der Waals surface area contributed by atoms with Crippen LogP contribution in [0.2, 0.25) is 0 Å². The van der Waals surface area contributed by atoms with Crippen LogP contribution in [0.5, 0.6) is 0 Å². The summed E-state index contributed by atoms with van der Waals surface area (Å²) in [6, 6.07) is 0. The average molecular weight is 228 g/mol. The molecule has 0 spiro atoms. The van der Waals surface area contributed by atoms with Gasteiger partial charge in [-0.25, -0.2) is 0 Å². The fourth-order valence-corrected chi connectivity index (χ4v) is 1.40. The molecule has 0 saturated carbocycles. The predicted octanol–water partition coefficient (Wildman–Crippen LogP) is -2.43. The first-order chi connectivity index (χ1) is 3.92. The number of thiol groups is 2. The van der Waals surface area contributed by atoms with Gasteiger partial charge in [-0.1, -0.05) is 0 Å². The first-order valence-electron chi connectivity index (χ1n) is 2.23. The van der Waals surface area contributed by atoms with Gasteiger partial charge in [0.1, 0.15) is 0 Å². The van der Waals surface area contributed by atoms with Crippen LogP contribution in [0.25, 0.3) is 0 Å². The van der Waals surface area contributed by atoms with Crippen molar-refractivity contribution in [2.75, 3.05) is 5.75 Å². The van der Waals surface area contributed by atoms with Crippen LogP contribution < -0.4 is 51.4 Å². The Morgan fingerprint density at radius 2 is 1.90 bits per heavy atom. The summed E-state index contributed by atoms with van der Waals surface area (Å²) in [4.78, 5) is 0. The van der Waals surface area contributed by atoms with E-state index in [4.69, 9.17) is 4.55 Å². The van der Waals surface area contributed by atoms with E-state index in [9.17, 15) is 8.42 Å². The standard InChI is InChI=1S/C3H8O3S3.K.H/c4-9(5,6)2-1-3(7)8;;/h3,7-8H,1-2H2,(H,4,5,6);;/q;+1;-1. The van der Waals surface area contributed by atoms with Crippen LogP contribution in [-0.2, 0) is 10.1 Å². The van der Waals surface area contributed by atoms with Crippen LogP contribution in [0.1, 0.15) is 7.85 Å². The third kappa shape index (κ3) is 12.9. The van der Waals surface area contributed by atoms with E-state index >= 15 is 0 Å². The number of rotatable bonds is 3. The molecule has 0 aliphatic rings. The van der Waals surface area contributed by atoms with Crippen molar-refractivity contribution in [1.29, 1.82) is 0 Å². The summed E-state index contributed by atoms with van der Waals surface area (Å²) in [6.07, 6.45) is 0.255. The van der Waals surface area contributed by atoms with Gasteiger partial charge < -0.3 is 1.43 Å². The molecule has 0 aromatic heterocycles. The molecule has 0 unspecified atom stereocenters. The molecule has 10 heavy (non-hydrogen) atoms. The molecule has 58 valence electrons. The fourth-order valence-electron chi connectivity index (χ4n) is 0.254. The van der Waals surface area contributed by atoms with Crippen LogP contribution in [0.15, 0.2) is 0 Å². The third-order valence-electron chi connectivity index (χ3n) is 0.634.